The van der Waals surface area contributed by atoms with Crippen LogP contribution in [-0.4, -0.2) is 43.1 Å². The molecule has 2 aromatic rings. The lowest BCUT2D eigenvalue weighted by molar-refractivity contribution is 0.440. The molecule has 6 nitrogen and oxygen atoms in total. The predicted octanol–water partition coefficient (Wildman–Crippen LogP) is 2.45. The van der Waals surface area contributed by atoms with E-state index in [1.807, 2.05) is 57.4 Å². The molecule has 0 fully saturated rings. The summed E-state index contributed by atoms with van der Waals surface area (Å²) in [5.41, 5.74) is 1.02. The third-order valence-electron chi connectivity index (χ3n) is 2.52. The van der Waals surface area contributed by atoms with E-state index in [4.69, 9.17) is 16.3 Å². The van der Waals surface area contributed by atoms with Crippen molar-refractivity contribution in [3.05, 3.63) is 29.5 Å². The first kappa shape index (κ1) is 14.3. The number of anilines is 2. The first-order valence-corrected chi connectivity index (χ1v) is 6.37. The van der Waals surface area contributed by atoms with Gasteiger partial charge < -0.3 is 14.5 Å². The lowest BCUT2D eigenvalue weighted by atomic mass is 10.3. The first-order valence-electron chi connectivity index (χ1n) is 6.00. The third-order valence-corrected chi connectivity index (χ3v) is 2.69. The van der Waals surface area contributed by atoms with E-state index in [0.29, 0.717) is 11.7 Å². The molecule has 0 N–H and O–H groups in total. The molecule has 7 heteroatoms. The molecule has 1 aromatic carbocycles. The lowest BCUT2D eigenvalue weighted by Crippen LogP contribution is -2.13. The van der Waals surface area contributed by atoms with Crippen molar-refractivity contribution in [3.8, 4) is 11.8 Å². The Morgan fingerprint density at radius 3 is 2.40 bits per heavy atom. The average Bonchev–Trinajstić information content (AvgIpc) is 2.38. The largest absolute Gasteiger partial charge is 0.424 e. The van der Waals surface area contributed by atoms with E-state index in [1.54, 1.807) is 4.90 Å². The molecule has 0 atom stereocenters. The Hall–Kier alpha value is -2.08. The minimum absolute atomic E-state index is 0.0995. The van der Waals surface area contributed by atoms with Gasteiger partial charge in [-0.2, -0.15) is 15.0 Å². The van der Waals surface area contributed by atoms with E-state index < -0.39 is 0 Å². The number of aromatic nitrogens is 3. The summed E-state index contributed by atoms with van der Waals surface area (Å²) in [6.07, 6.45) is 0. The van der Waals surface area contributed by atoms with Crippen molar-refractivity contribution in [1.82, 2.24) is 15.0 Å². The van der Waals surface area contributed by atoms with Gasteiger partial charge in [0.25, 0.3) is 0 Å². The second-order valence-corrected chi connectivity index (χ2v) is 4.91. The van der Waals surface area contributed by atoms with E-state index >= 15 is 0 Å². The highest BCUT2D eigenvalue weighted by Crippen LogP contribution is 2.24. The summed E-state index contributed by atoms with van der Waals surface area (Å²) in [6.45, 7) is 0. The van der Waals surface area contributed by atoms with E-state index in [-0.39, 0.29) is 11.3 Å². The number of hydrogen-bond acceptors (Lipinski definition) is 6. The Balaban J connectivity index is 2.27. The van der Waals surface area contributed by atoms with Crippen LogP contribution in [0, 0.1) is 0 Å². The van der Waals surface area contributed by atoms with Crippen LogP contribution < -0.4 is 14.5 Å². The van der Waals surface area contributed by atoms with Gasteiger partial charge in [0, 0.05) is 39.9 Å². The van der Waals surface area contributed by atoms with Crippen LogP contribution in [0.4, 0.5) is 11.6 Å². The van der Waals surface area contributed by atoms with Crippen molar-refractivity contribution in [3.63, 3.8) is 0 Å². The Morgan fingerprint density at radius 2 is 1.75 bits per heavy atom. The van der Waals surface area contributed by atoms with Gasteiger partial charge in [-0.3, -0.25) is 0 Å². The average molecular weight is 294 g/mol. The highest BCUT2D eigenvalue weighted by Gasteiger charge is 2.09. The molecule has 0 bridgehead atoms. The standard InChI is InChI=1S/C13H16ClN5O/c1-18(2)9-6-5-7-10(8-9)20-13-16-11(14)15-12(17-13)19(3)4/h5-8H,1-4H3. The fraction of sp³-hybridized carbons (Fsp3) is 0.308. The molecule has 106 valence electrons. The fourth-order valence-electron chi connectivity index (χ4n) is 1.50. The predicted molar refractivity (Wildman–Crippen MR) is 80.0 cm³/mol. The normalized spacial score (nSPS) is 10.2. The van der Waals surface area contributed by atoms with Gasteiger partial charge in [0.1, 0.15) is 5.75 Å². The highest BCUT2D eigenvalue weighted by atomic mass is 35.5. The molecule has 0 aliphatic heterocycles. The molecule has 0 aliphatic rings. The zero-order chi connectivity index (χ0) is 14.7. The molecule has 1 aromatic heterocycles. The number of halogens is 1. The number of rotatable bonds is 4. The maximum absolute atomic E-state index is 5.86. The molecule has 0 amide bonds. The van der Waals surface area contributed by atoms with Crippen molar-refractivity contribution in [2.24, 2.45) is 0 Å². The summed E-state index contributed by atoms with van der Waals surface area (Å²) in [7, 11) is 7.57. The second-order valence-electron chi connectivity index (χ2n) is 4.58. The van der Waals surface area contributed by atoms with Crippen LogP contribution in [0.25, 0.3) is 0 Å². The van der Waals surface area contributed by atoms with Gasteiger partial charge in [-0.15, -0.1) is 0 Å². The molecule has 0 saturated heterocycles. The molecule has 1 heterocycles. The SMILES string of the molecule is CN(C)c1cccc(Oc2nc(Cl)nc(N(C)C)n2)c1. The van der Waals surface area contributed by atoms with Gasteiger partial charge in [0.05, 0.1) is 0 Å². The lowest BCUT2D eigenvalue weighted by Gasteiger charge is -2.14. The van der Waals surface area contributed by atoms with E-state index in [1.165, 1.54) is 0 Å². The minimum Gasteiger partial charge on any atom is -0.424 e. The molecular weight excluding hydrogens is 278 g/mol. The van der Waals surface area contributed by atoms with Crippen LogP contribution in [-0.2, 0) is 0 Å². The van der Waals surface area contributed by atoms with E-state index in [9.17, 15) is 0 Å². The Morgan fingerprint density at radius 1 is 1.00 bits per heavy atom. The van der Waals surface area contributed by atoms with Gasteiger partial charge in [-0.25, -0.2) is 0 Å². The molecule has 0 radical (unpaired) electrons. The Kier molecular flexibility index (Phi) is 4.24. The smallest absolute Gasteiger partial charge is 0.328 e. The van der Waals surface area contributed by atoms with Gasteiger partial charge in [0.2, 0.25) is 11.2 Å². The van der Waals surface area contributed by atoms with Crippen molar-refractivity contribution < 1.29 is 4.74 Å². The van der Waals surface area contributed by atoms with Crippen LogP contribution in [0.5, 0.6) is 11.8 Å². The third kappa shape index (κ3) is 3.48. The molecule has 0 spiro atoms. The van der Waals surface area contributed by atoms with E-state index in [0.717, 1.165) is 5.69 Å². The van der Waals surface area contributed by atoms with Crippen molar-refractivity contribution >= 4 is 23.2 Å². The van der Waals surface area contributed by atoms with Gasteiger partial charge in [-0.1, -0.05) is 6.07 Å². The topological polar surface area (TPSA) is 54.4 Å². The minimum atomic E-state index is 0.0995. The van der Waals surface area contributed by atoms with Crippen molar-refractivity contribution in [2.75, 3.05) is 38.0 Å². The van der Waals surface area contributed by atoms with Gasteiger partial charge in [0.15, 0.2) is 0 Å². The Bertz CT molecular complexity index is 603. The Labute approximate surface area is 123 Å². The molecule has 2 rings (SSSR count). The maximum Gasteiger partial charge on any atom is 0.328 e. The van der Waals surface area contributed by atoms with Crippen LogP contribution in [0.3, 0.4) is 0 Å². The number of ether oxygens (including phenoxy) is 1. The summed E-state index contributed by atoms with van der Waals surface area (Å²) in [5, 5.41) is 0.0995. The summed E-state index contributed by atoms with van der Waals surface area (Å²) < 4.78 is 5.64. The van der Waals surface area contributed by atoms with E-state index in [2.05, 4.69) is 15.0 Å². The molecule has 0 aliphatic carbocycles. The molecule has 0 unspecified atom stereocenters. The quantitative estimate of drug-likeness (QED) is 0.863. The molecular formula is C13H16ClN5O. The number of nitrogens with zero attached hydrogens (tertiary/aromatic N) is 5. The molecule has 20 heavy (non-hydrogen) atoms. The summed E-state index contributed by atoms with van der Waals surface area (Å²) in [6, 6.07) is 7.79. The number of hydrogen-bond donors (Lipinski definition) is 0. The molecule has 0 saturated carbocycles. The van der Waals surface area contributed by atoms with Gasteiger partial charge in [-0.05, 0) is 23.7 Å². The van der Waals surface area contributed by atoms with Crippen LogP contribution in [0.2, 0.25) is 5.28 Å². The van der Waals surface area contributed by atoms with Crippen molar-refractivity contribution in [1.29, 1.82) is 0 Å². The summed E-state index contributed by atoms with van der Waals surface area (Å²) in [4.78, 5) is 15.9. The van der Waals surface area contributed by atoms with Crippen molar-refractivity contribution in [2.45, 2.75) is 0 Å². The van der Waals surface area contributed by atoms with Crippen LogP contribution in [0.15, 0.2) is 24.3 Å². The first-order chi connectivity index (χ1) is 9.45. The number of benzene rings is 1. The second kappa shape index (κ2) is 5.92. The summed E-state index contributed by atoms with van der Waals surface area (Å²) in [5.74, 6) is 1.09. The van der Waals surface area contributed by atoms with Gasteiger partial charge >= 0.3 is 6.01 Å². The zero-order valence-electron chi connectivity index (χ0n) is 11.8. The fourth-order valence-corrected chi connectivity index (χ4v) is 1.65. The van der Waals surface area contributed by atoms with Crippen LogP contribution >= 0.6 is 11.6 Å². The monoisotopic (exact) mass is 293 g/mol. The van der Waals surface area contributed by atoms with Crippen LogP contribution in [0.1, 0.15) is 0 Å². The zero-order valence-corrected chi connectivity index (χ0v) is 12.6. The highest BCUT2D eigenvalue weighted by molar-refractivity contribution is 6.28. The summed E-state index contributed by atoms with van der Waals surface area (Å²) >= 11 is 5.86. The maximum atomic E-state index is 5.86.